The number of aromatic nitrogens is 3. The standard InChI is InChI=1S/C19H24Cl2N6OS/c1-10-8-19(15(22)14(10)28)3-6-27(7-4-19)12-9-25-18(17(23)26-12)29-11-2-5-24-16(21)13(11)20/h2,5,9-10,14-15,28H,3-4,6-8,22H2,1H3,(H2,23,26). The van der Waals surface area contributed by atoms with Crippen molar-refractivity contribution in [2.45, 2.75) is 48.3 Å². The molecule has 3 heterocycles. The summed E-state index contributed by atoms with van der Waals surface area (Å²) in [5.74, 6) is 1.34. The first-order valence-corrected chi connectivity index (χ1v) is 11.2. The molecule has 1 saturated heterocycles. The summed E-state index contributed by atoms with van der Waals surface area (Å²) in [4.78, 5) is 15.9. The van der Waals surface area contributed by atoms with Crippen LogP contribution in [-0.2, 0) is 0 Å². The first kappa shape index (κ1) is 20.9. The minimum Gasteiger partial charge on any atom is -0.391 e. The van der Waals surface area contributed by atoms with Crippen molar-refractivity contribution in [2.24, 2.45) is 17.1 Å². The van der Waals surface area contributed by atoms with E-state index in [1.165, 1.54) is 11.8 Å². The number of nitrogen functional groups attached to an aromatic ring is 1. The number of rotatable bonds is 3. The molecule has 3 unspecified atom stereocenters. The van der Waals surface area contributed by atoms with Crippen molar-refractivity contribution in [3.05, 3.63) is 28.6 Å². The monoisotopic (exact) mass is 454 g/mol. The molecule has 2 aromatic heterocycles. The molecule has 0 amide bonds. The fourth-order valence-corrected chi connectivity index (χ4v) is 5.75. The number of piperidine rings is 1. The van der Waals surface area contributed by atoms with Gasteiger partial charge in [0.25, 0.3) is 0 Å². The van der Waals surface area contributed by atoms with Gasteiger partial charge in [-0.05, 0) is 36.7 Å². The minimum atomic E-state index is -0.415. The Kier molecular flexibility index (Phi) is 5.83. The number of aliphatic hydroxyl groups excluding tert-OH is 1. The number of anilines is 2. The summed E-state index contributed by atoms with van der Waals surface area (Å²) in [6, 6.07) is 1.60. The molecule has 1 aliphatic heterocycles. The fourth-order valence-electron chi connectivity index (χ4n) is 4.53. The smallest absolute Gasteiger partial charge is 0.158 e. The number of pyridine rings is 1. The minimum absolute atomic E-state index is 0.0153. The predicted octanol–water partition coefficient (Wildman–Crippen LogP) is 3.23. The fraction of sp³-hybridized carbons (Fsp3) is 0.526. The summed E-state index contributed by atoms with van der Waals surface area (Å²) in [5.41, 5.74) is 12.5. The van der Waals surface area contributed by atoms with Crippen molar-refractivity contribution in [1.82, 2.24) is 15.0 Å². The molecule has 2 fully saturated rings. The Balaban J connectivity index is 1.46. The predicted molar refractivity (Wildman–Crippen MR) is 116 cm³/mol. The van der Waals surface area contributed by atoms with Gasteiger partial charge < -0.3 is 21.5 Å². The van der Waals surface area contributed by atoms with E-state index in [1.807, 2.05) is 0 Å². The number of nitrogens with two attached hydrogens (primary N) is 2. The summed E-state index contributed by atoms with van der Waals surface area (Å²) in [6.45, 7) is 3.72. The van der Waals surface area contributed by atoms with E-state index in [0.29, 0.717) is 15.9 Å². The van der Waals surface area contributed by atoms with Crippen LogP contribution in [0.15, 0.2) is 28.4 Å². The topological polar surface area (TPSA) is 114 Å². The molecule has 1 aliphatic carbocycles. The highest BCUT2D eigenvalue weighted by atomic mass is 35.5. The number of nitrogens with zero attached hydrogens (tertiary/aromatic N) is 4. The average Bonchev–Trinajstić information content (AvgIpc) is 2.91. The highest BCUT2D eigenvalue weighted by Crippen LogP contribution is 2.48. The lowest BCUT2D eigenvalue weighted by molar-refractivity contribution is 0.0996. The van der Waals surface area contributed by atoms with E-state index in [4.69, 9.17) is 34.7 Å². The second kappa shape index (κ2) is 8.07. The summed E-state index contributed by atoms with van der Waals surface area (Å²) in [5, 5.41) is 11.5. The van der Waals surface area contributed by atoms with Gasteiger partial charge in [0.05, 0.1) is 17.3 Å². The van der Waals surface area contributed by atoms with E-state index in [2.05, 4.69) is 26.8 Å². The van der Waals surface area contributed by atoms with Crippen LogP contribution in [0.2, 0.25) is 10.2 Å². The molecule has 4 rings (SSSR count). The van der Waals surface area contributed by atoms with E-state index < -0.39 is 6.10 Å². The molecule has 2 aliphatic rings. The molecule has 29 heavy (non-hydrogen) atoms. The number of hydrogen-bond donors (Lipinski definition) is 3. The van der Waals surface area contributed by atoms with Crippen molar-refractivity contribution < 1.29 is 5.11 Å². The van der Waals surface area contributed by atoms with Gasteiger partial charge in [0.15, 0.2) is 5.82 Å². The van der Waals surface area contributed by atoms with Crippen molar-refractivity contribution in [1.29, 1.82) is 0 Å². The summed E-state index contributed by atoms with van der Waals surface area (Å²) in [6.07, 6.45) is 5.74. The van der Waals surface area contributed by atoms with Gasteiger partial charge in [-0.3, -0.25) is 0 Å². The number of hydrogen-bond acceptors (Lipinski definition) is 8. The van der Waals surface area contributed by atoms with Gasteiger partial charge in [-0.15, -0.1) is 0 Å². The van der Waals surface area contributed by atoms with Crippen LogP contribution in [0.25, 0.3) is 0 Å². The molecular formula is C19H24Cl2N6OS. The maximum atomic E-state index is 10.3. The normalized spacial score (nSPS) is 26.2. The SMILES string of the molecule is CC1CC2(CCN(c3cnc(Sc4ccnc(Cl)c4Cl)c(N)n3)CC2)C(N)C1O. The zero-order valence-electron chi connectivity index (χ0n) is 16.1. The molecule has 10 heteroatoms. The summed E-state index contributed by atoms with van der Waals surface area (Å²) >= 11 is 13.5. The first-order chi connectivity index (χ1) is 13.8. The molecule has 1 saturated carbocycles. The molecule has 1 spiro atoms. The van der Waals surface area contributed by atoms with E-state index in [-0.39, 0.29) is 22.5 Å². The van der Waals surface area contributed by atoms with Gasteiger partial charge in [-0.1, -0.05) is 41.9 Å². The molecule has 3 atom stereocenters. The van der Waals surface area contributed by atoms with Crippen molar-refractivity contribution in [3.8, 4) is 0 Å². The first-order valence-electron chi connectivity index (χ1n) is 9.60. The molecule has 156 valence electrons. The van der Waals surface area contributed by atoms with Crippen LogP contribution in [0, 0.1) is 11.3 Å². The Morgan fingerprint density at radius 1 is 1.28 bits per heavy atom. The highest BCUT2D eigenvalue weighted by molar-refractivity contribution is 7.99. The third-order valence-electron chi connectivity index (χ3n) is 6.24. The van der Waals surface area contributed by atoms with Crippen molar-refractivity contribution in [2.75, 3.05) is 23.7 Å². The van der Waals surface area contributed by atoms with Gasteiger partial charge in [-0.25, -0.2) is 15.0 Å². The maximum absolute atomic E-state index is 10.3. The Bertz CT molecular complexity index is 908. The summed E-state index contributed by atoms with van der Waals surface area (Å²) < 4.78 is 0. The summed E-state index contributed by atoms with van der Waals surface area (Å²) in [7, 11) is 0. The Labute approximate surface area is 184 Å². The van der Waals surface area contributed by atoms with Crippen molar-refractivity contribution >= 4 is 46.6 Å². The molecule has 0 radical (unpaired) electrons. The Morgan fingerprint density at radius 2 is 2.00 bits per heavy atom. The lowest BCUT2D eigenvalue weighted by Crippen LogP contribution is -2.50. The van der Waals surface area contributed by atoms with Gasteiger partial charge in [0, 0.05) is 30.2 Å². The Hall–Kier alpha value is -1.32. The van der Waals surface area contributed by atoms with E-state index >= 15 is 0 Å². The lowest BCUT2D eigenvalue weighted by atomic mass is 9.74. The lowest BCUT2D eigenvalue weighted by Gasteiger charge is -2.42. The van der Waals surface area contributed by atoms with Crippen LogP contribution in [0.4, 0.5) is 11.6 Å². The van der Waals surface area contributed by atoms with Crippen LogP contribution in [0.1, 0.15) is 26.2 Å². The largest absolute Gasteiger partial charge is 0.391 e. The average molecular weight is 455 g/mol. The second-order valence-corrected chi connectivity index (χ2v) is 9.75. The molecule has 7 nitrogen and oxygen atoms in total. The zero-order chi connectivity index (χ0) is 20.8. The molecule has 0 bridgehead atoms. The second-order valence-electron chi connectivity index (χ2n) is 7.98. The van der Waals surface area contributed by atoms with Crippen LogP contribution < -0.4 is 16.4 Å². The zero-order valence-corrected chi connectivity index (χ0v) is 18.4. The van der Waals surface area contributed by atoms with E-state index in [9.17, 15) is 5.11 Å². The van der Waals surface area contributed by atoms with Crippen LogP contribution in [-0.4, -0.2) is 45.3 Å². The number of aliphatic hydroxyl groups is 1. The molecule has 5 N–H and O–H groups in total. The molecule has 0 aromatic carbocycles. The van der Waals surface area contributed by atoms with Crippen LogP contribution in [0.3, 0.4) is 0 Å². The third kappa shape index (κ3) is 3.88. The van der Waals surface area contributed by atoms with Gasteiger partial charge in [-0.2, -0.15) is 0 Å². The van der Waals surface area contributed by atoms with Gasteiger partial charge >= 0.3 is 0 Å². The van der Waals surface area contributed by atoms with Crippen LogP contribution in [0.5, 0.6) is 0 Å². The van der Waals surface area contributed by atoms with Gasteiger partial charge in [0.2, 0.25) is 0 Å². The number of halogens is 2. The molecular weight excluding hydrogens is 431 g/mol. The third-order valence-corrected chi connectivity index (χ3v) is 8.19. The van der Waals surface area contributed by atoms with Crippen molar-refractivity contribution in [3.63, 3.8) is 0 Å². The van der Waals surface area contributed by atoms with E-state index in [1.54, 1.807) is 18.5 Å². The van der Waals surface area contributed by atoms with E-state index in [0.717, 1.165) is 43.1 Å². The maximum Gasteiger partial charge on any atom is 0.158 e. The van der Waals surface area contributed by atoms with Crippen LogP contribution >= 0.6 is 35.0 Å². The van der Waals surface area contributed by atoms with Gasteiger partial charge in [0.1, 0.15) is 16.0 Å². The molecule has 2 aromatic rings. The quantitative estimate of drug-likeness (QED) is 0.605. The highest BCUT2D eigenvalue weighted by Gasteiger charge is 2.50. The Morgan fingerprint density at radius 3 is 2.62 bits per heavy atom.